The third-order valence-corrected chi connectivity index (χ3v) is 5.12. The Balaban J connectivity index is 2.12. The van der Waals surface area contributed by atoms with E-state index in [0.717, 1.165) is 19.0 Å². The predicted octanol–water partition coefficient (Wildman–Crippen LogP) is 3.27. The van der Waals surface area contributed by atoms with E-state index < -0.39 is 0 Å². The number of nitrogens with zero attached hydrogens (tertiary/aromatic N) is 1. The third kappa shape index (κ3) is 3.01. The number of nitrogens with two attached hydrogens (primary N) is 1. The maximum absolute atomic E-state index is 6.19. The fourth-order valence-corrected chi connectivity index (χ4v) is 3.72. The highest BCUT2D eigenvalue weighted by molar-refractivity contribution is 5.15. The molecule has 106 valence electrons. The molecule has 1 saturated carbocycles. The van der Waals surface area contributed by atoms with Gasteiger partial charge in [0.2, 0.25) is 0 Å². The Labute approximate surface area is 118 Å². The van der Waals surface area contributed by atoms with Gasteiger partial charge in [-0.2, -0.15) is 0 Å². The molecule has 0 heterocycles. The number of hydrogen-bond donors (Lipinski definition) is 1. The summed E-state index contributed by atoms with van der Waals surface area (Å²) in [6.07, 6.45) is 3.84. The van der Waals surface area contributed by atoms with E-state index in [2.05, 4.69) is 56.1 Å². The summed E-state index contributed by atoms with van der Waals surface area (Å²) in [7, 11) is 2.24. The fraction of sp³-hybridized carbons (Fsp3) is 0.647. The Hall–Kier alpha value is -0.860. The first-order valence-corrected chi connectivity index (χ1v) is 7.53. The van der Waals surface area contributed by atoms with Gasteiger partial charge in [-0.3, -0.25) is 4.90 Å². The summed E-state index contributed by atoms with van der Waals surface area (Å²) in [6.45, 7) is 6.51. The highest BCUT2D eigenvalue weighted by atomic mass is 15.2. The molecule has 0 saturated heterocycles. The fourth-order valence-electron chi connectivity index (χ4n) is 3.72. The van der Waals surface area contributed by atoms with Crippen molar-refractivity contribution in [3.8, 4) is 0 Å². The first-order valence-electron chi connectivity index (χ1n) is 7.53. The van der Waals surface area contributed by atoms with Crippen molar-refractivity contribution in [3.63, 3.8) is 0 Å². The molecule has 0 aromatic heterocycles. The van der Waals surface area contributed by atoms with Crippen LogP contribution in [0.3, 0.4) is 0 Å². The number of benzene rings is 1. The molecule has 0 radical (unpaired) electrons. The molecule has 0 aliphatic heterocycles. The molecule has 3 unspecified atom stereocenters. The molecular weight excluding hydrogens is 232 g/mol. The van der Waals surface area contributed by atoms with Crippen LogP contribution in [0.5, 0.6) is 0 Å². The molecule has 1 aromatic carbocycles. The van der Waals surface area contributed by atoms with E-state index in [-0.39, 0.29) is 5.54 Å². The SMILES string of the molecule is CC1CCC(CN)(N(C)Cc2ccccc2)C(C)C1. The molecule has 1 aliphatic rings. The first-order chi connectivity index (χ1) is 9.08. The average Bonchev–Trinajstić information content (AvgIpc) is 2.40. The monoisotopic (exact) mass is 260 g/mol. The molecule has 1 aliphatic carbocycles. The maximum atomic E-state index is 6.19. The third-order valence-electron chi connectivity index (χ3n) is 5.12. The minimum Gasteiger partial charge on any atom is -0.329 e. The molecule has 1 aromatic rings. The van der Waals surface area contributed by atoms with E-state index in [1.54, 1.807) is 0 Å². The van der Waals surface area contributed by atoms with Crippen LogP contribution in [0, 0.1) is 11.8 Å². The molecule has 0 bridgehead atoms. The predicted molar refractivity (Wildman–Crippen MR) is 81.9 cm³/mol. The van der Waals surface area contributed by atoms with Crippen molar-refractivity contribution in [3.05, 3.63) is 35.9 Å². The van der Waals surface area contributed by atoms with Gasteiger partial charge in [-0.1, -0.05) is 44.2 Å². The van der Waals surface area contributed by atoms with E-state index in [9.17, 15) is 0 Å². The lowest BCUT2D eigenvalue weighted by molar-refractivity contribution is 0.0128. The molecular formula is C17H28N2. The largest absolute Gasteiger partial charge is 0.329 e. The minimum absolute atomic E-state index is 0.183. The molecule has 2 rings (SSSR count). The Morgan fingerprint density at radius 3 is 2.53 bits per heavy atom. The van der Waals surface area contributed by atoms with Crippen molar-refractivity contribution in [1.29, 1.82) is 0 Å². The van der Waals surface area contributed by atoms with E-state index in [4.69, 9.17) is 5.73 Å². The van der Waals surface area contributed by atoms with E-state index in [0.29, 0.717) is 5.92 Å². The van der Waals surface area contributed by atoms with Crippen molar-refractivity contribution in [2.45, 2.75) is 45.2 Å². The van der Waals surface area contributed by atoms with E-state index in [1.165, 1.54) is 24.8 Å². The van der Waals surface area contributed by atoms with Gasteiger partial charge in [0.1, 0.15) is 0 Å². The van der Waals surface area contributed by atoms with Gasteiger partial charge >= 0.3 is 0 Å². The number of hydrogen-bond acceptors (Lipinski definition) is 2. The molecule has 0 spiro atoms. The lowest BCUT2D eigenvalue weighted by atomic mass is 9.69. The number of likely N-dealkylation sites (N-methyl/N-ethyl adjacent to an activating group) is 1. The zero-order valence-electron chi connectivity index (χ0n) is 12.6. The van der Waals surface area contributed by atoms with E-state index in [1.807, 2.05) is 0 Å². The highest BCUT2D eigenvalue weighted by Gasteiger charge is 2.42. The van der Waals surface area contributed by atoms with Crippen LogP contribution in [0.25, 0.3) is 0 Å². The second kappa shape index (κ2) is 6.06. The number of rotatable bonds is 4. The highest BCUT2D eigenvalue weighted by Crippen LogP contribution is 2.40. The van der Waals surface area contributed by atoms with Crippen molar-refractivity contribution >= 4 is 0 Å². The van der Waals surface area contributed by atoms with Crippen LogP contribution in [-0.2, 0) is 6.54 Å². The molecule has 3 atom stereocenters. The van der Waals surface area contributed by atoms with Crippen LogP contribution in [-0.4, -0.2) is 24.0 Å². The standard InChI is InChI=1S/C17H28N2/c1-14-9-10-17(13-18,15(2)11-14)19(3)12-16-7-5-4-6-8-16/h4-8,14-15H,9-13,18H2,1-3H3. The van der Waals surface area contributed by atoms with Gasteiger partial charge in [0, 0.05) is 18.6 Å². The Bertz CT molecular complexity index is 390. The zero-order valence-corrected chi connectivity index (χ0v) is 12.6. The summed E-state index contributed by atoms with van der Waals surface area (Å²) >= 11 is 0. The molecule has 1 fully saturated rings. The summed E-state index contributed by atoms with van der Waals surface area (Å²) < 4.78 is 0. The Morgan fingerprint density at radius 1 is 1.26 bits per heavy atom. The molecule has 2 heteroatoms. The first kappa shape index (κ1) is 14.5. The summed E-state index contributed by atoms with van der Waals surface area (Å²) in [5.74, 6) is 1.52. The zero-order chi connectivity index (χ0) is 13.9. The average molecular weight is 260 g/mol. The Kier molecular flexibility index (Phi) is 4.64. The lowest BCUT2D eigenvalue weighted by Gasteiger charge is -2.50. The maximum Gasteiger partial charge on any atom is 0.0357 e. The second-order valence-corrected chi connectivity index (χ2v) is 6.43. The van der Waals surface area contributed by atoms with Crippen LogP contribution in [0.4, 0.5) is 0 Å². The van der Waals surface area contributed by atoms with Crippen molar-refractivity contribution in [2.75, 3.05) is 13.6 Å². The summed E-state index contributed by atoms with van der Waals surface area (Å²) in [4.78, 5) is 2.50. The van der Waals surface area contributed by atoms with Crippen molar-refractivity contribution < 1.29 is 0 Å². The quantitative estimate of drug-likeness (QED) is 0.900. The van der Waals surface area contributed by atoms with Gasteiger partial charge in [0.25, 0.3) is 0 Å². The van der Waals surface area contributed by atoms with Gasteiger partial charge < -0.3 is 5.73 Å². The van der Waals surface area contributed by atoms with Crippen LogP contribution in [0.15, 0.2) is 30.3 Å². The van der Waals surface area contributed by atoms with E-state index >= 15 is 0 Å². The molecule has 0 amide bonds. The van der Waals surface area contributed by atoms with Gasteiger partial charge in [-0.05, 0) is 43.7 Å². The minimum atomic E-state index is 0.183. The van der Waals surface area contributed by atoms with Gasteiger partial charge in [-0.25, -0.2) is 0 Å². The van der Waals surface area contributed by atoms with Crippen LogP contribution in [0.2, 0.25) is 0 Å². The Morgan fingerprint density at radius 2 is 1.95 bits per heavy atom. The van der Waals surface area contributed by atoms with Crippen LogP contribution >= 0.6 is 0 Å². The molecule has 2 N–H and O–H groups in total. The van der Waals surface area contributed by atoms with Crippen molar-refractivity contribution in [2.24, 2.45) is 17.6 Å². The molecule has 2 nitrogen and oxygen atoms in total. The van der Waals surface area contributed by atoms with Gasteiger partial charge in [0.05, 0.1) is 0 Å². The topological polar surface area (TPSA) is 29.3 Å². The second-order valence-electron chi connectivity index (χ2n) is 6.43. The van der Waals surface area contributed by atoms with Gasteiger partial charge in [-0.15, -0.1) is 0 Å². The lowest BCUT2D eigenvalue weighted by Crippen LogP contribution is -2.58. The van der Waals surface area contributed by atoms with Crippen LogP contribution < -0.4 is 5.73 Å². The normalized spacial score (nSPS) is 31.6. The smallest absolute Gasteiger partial charge is 0.0357 e. The van der Waals surface area contributed by atoms with Crippen LogP contribution in [0.1, 0.15) is 38.7 Å². The summed E-state index contributed by atoms with van der Waals surface area (Å²) in [6, 6.07) is 10.7. The van der Waals surface area contributed by atoms with Crippen molar-refractivity contribution in [1.82, 2.24) is 4.90 Å². The van der Waals surface area contributed by atoms with Gasteiger partial charge in [0.15, 0.2) is 0 Å². The summed E-state index contributed by atoms with van der Waals surface area (Å²) in [5, 5.41) is 0. The summed E-state index contributed by atoms with van der Waals surface area (Å²) in [5.41, 5.74) is 7.75. The molecule has 19 heavy (non-hydrogen) atoms.